The lowest BCUT2D eigenvalue weighted by Crippen LogP contribution is -2.32. The first-order valence-electron chi connectivity index (χ1n) is 8.60. The van der Waals surface area contributed by atoms with Crippen LogP contribution >= 0.6 is 38.9 Å². The number of thiazole rings is 1. The van der Waals surface area contributed by atoms with E-state index in [1.165, 1.54) is 11.3 Å². The normalized spacial score (nSPS) is 10.9. The number of nitrogens with zero attached hydrogens (tertiary/aromatic N) is 3. The molecule has 0 aliphatic rings. The molecule has 0 spiro atoms. The second-order valence-electron chi connectivity index (χ2n) is 6.18. The summed E-state index contributed by atoms with van der Waals surface area (Å²) >= 11 is 11.2. The van der Waals surface area contributed by atoms with Gasteiger partial charge in [-0.05, 0) is 42.0 Å². The summed E-state index contributed by atoms with van der Waals surface area (Å²) in [6.07, 6.45) is 1.92. The molecule has 4 nitrogen and oxygen atoms in total. The molecular weight excluding hydrogens is 458 g/mol. The Morgan fingerprint density at radius 1 is 1.11 bits per heavy atom. The van der Waals surface area contributed by atoms with Crippen LogP contribution in [0.3, 0.4) is 0 Å². The largest absolute Gasteiger partial charge is 0.282 e. The number of anilines is 1. The van der Waals surface area contributed by atoms with Gasteiger partial charge in [-0.2, -0.15) is 0 Å². The van der Waals surface area contributed by atoms with Gasteiger partial charge in [-0.15, -0.1) is 0 Å². The summed E-state index contributed by atoms with van der Waals surface area (Å²) in [5, 5.41) is 1.23. The van der Waals surface area contributed by atoms with Crippen molar-refractivity contribution >= 4 is 60.1 Å². The van der Waals surface area contributed by atoms with Crippen LogP contribution in [0.2, 0.25) is 5.02 Å². The zero-order valence-electron chi connectivity index (χ0n) is 14.7. The Kier molecular flexibility index (Phi) is 5.71. The molecule has 0 saturated heterocycles. The number of pyridine rings is 1. The molecule has 140 valence electrons. The van der Waals surface area contributed by atoms with Crippen molar-refractivity contribution in [1.29, 1.82) is 0 Å². The van der Waals surface area contributed by atoms with Crippen molar-refractivity contribution in [1.82, 2.24) is 9.97 Å². The van der Waals surface area contributed by atoms with E-state index in [-0.39, 0.29) is 12.3 Å². The molecule has 28 heavy (non-hydrogen) atoms. The molecule has 0 saturated carbocycles. The minimum atomic E-state index is -0.0723. The maximum Gasteiger partial charge on any atom is 0.233 e. The number of halogens is 2. The van der Waals surface area contributed by atoms with Crippen LogP contribution < -0.4 is 4.90 Å². The van der Waals surface area contributed by atoms with Gasteiger partial charge >= 0.3 is 0 Å². The van der Waals surface area contributed by atoms with E-state index in [1.807, 2.05) is 54.6 Å². The molecule has 2 aromatic heterocycles. The summed E-state index contributed by atoms with van der Waals surface area (Å²) in [7, 11) is 0. The summed E-state index contributed by atoms with van der Waals surface area (Å²) in [4.78, 5) is 23.9. The van der Waals surface area contributed by atoms with Crippen LogP contribution in [0.15, 0.2) is 71.3 Å². The van der Waals surface area contributed by atoms with E-state index in [0.717, 1.165) is 25.9 Å². The summed E-state index contributed by atoms with van der Waals surface area (Å²) in [6.45, 7) is 0.352. The number of carbonyl (C=O) groups excluding carboxylic acids is 1. The van der Waals surface area contributed by atoms with Gasteiger partial charge in [0.15, 0.2) is 5.13 Å². The van der Waals surface area contributed by atoms with Crippen LogP contribution in [0.4, 0.5) is 5.13 Å². The monoisotopic (exact) mass is 471 g/mol. The van der Waals surface area contributed by atoms with Gasteiger partial charge in [0, 0.05) is 15.7 Å². The molecule has 0 fully saturated rings. The van der Waals surface area contributed by atoms with Gasteiger partial charge in [-0.3, -0.25) is 14.7 Å². The molecule has 0 atom stereocenters. The third-order valence-electron chi connectivity index (χ3n) is 4.22. The number of benzene rings is 2. The Morgan fingerprint density at radius 3 is 2.71 bits per heavy atom. The van der Waals surface area contributed by atoms with E-state index >= 15 is 0 Å². The van der Waals surface area contributed by atoms with E-state index in [9.17, 15) is 4.79 Å². The molecule has 0 aliphatic carbocycles. The SMILES string of the molecule is O=C(Cc1ccccc1Cl)N(Cc1ccccn1)c1nc2ccc(Br)cc2s1. The number of carbonyl (C=O) groups is 1. The lowest BCUT2D eigenvalue weighted by Gasteiger charge is -2.20. The topological polar surface area (TPSA) is 46.1 Å². The summed E-state index contributed by atoms with van der Waals surface area (Å²) in [6, 6.07) is 19.0. The molecule has 0 N–H and O–H groups in total. The fourth-order valence-corrected chi connectivity index (χ4v) is 4.55. The fraction of sp³-hybridized carbons (Fsp3) is 0.0952. The van der Waals surface area contributed by atoms with Crippen LogP contribution in [0.5, 0.6) is 0 Å². The molecule has 7 heteroatoms. The van der Waals surface area contributed by atoms with Crippen molar-refractivity contribution in [3.63, 3.8) is 0 Å². The van der Waals surface area contributed by atoms with Crippen LogP contribution in [-0.4, -0.2) is 15.9 Å². The fourth-order valence-electron chi connectivity index (χ4n) is 2.82. The van der Waals surface area contributed by atoms with E-state index in [4.69, 9.17) is 11.6 Å². The number of hydrogen-bond donors (Lipinski definition) is 0. The third-order valence-corrected chi connectivity index (χ3v) is 6.12. The lowest BCUT2D eigenvalue weighted by atomic mass is 10.1. The Morgan fingerprint density at radius 2 is 1.93 bits per heavy atom. The number of fused-ring (bicyclic) bond motifs is 1. The van der Waals surface area contributed by atoms with Gasteiger partial charge in [0.2, 0.25) is 5.91 Å². The summed E-state index contributed by atoms with van der Waals surface area (Å²) in [5.41, 5.74) is 2.46. The molecule has 0 radical (unpaired) electrons. The van der Waals surface area contributed by atoms with E-state index < -0.39 is 0 Å². The Balaban J connectivity index is 1.70. The predicted octanol–water partition coefficient (Wildman–Crippen LogP) is 5.88. The third kappa shape index (κ3) is 4.24. The van der Waals surface area contributed by atoms with E-state index in [2.05, 4.69) is 25.9 Å². The van der Waals surface area contributed by atoms with Gasteiger partial charge in [-0.25, -0.2) is 4.98 Å². The zero-order valence-corrected chi connectivity index (χ0v) is 17.8. The first-order chi connectivity index (χ1) is 13.6. The molecule has 2 heterocycles. The lowest BCUT2D eigenvalue weighted by molar-refractivity contribution is -0.118. The van der Waals surface area contributed by atoms with Crippen molar-refractivity contribution in [3.8, 4) is 0 Å². The first-order valence-corrected chi connectivity index (χ1v) is 10.6. The molecule has 4 rings (SSSR count). The molecule has 2 aromatic carbocycles. The van der Waals surface area contributed by atoms with Crippen LogP contribution in [0.1, 0.15) is 11.3 Å². The highest BCUT2D eigenvalue weighted by molar-refractivity contribution is 9.10. The highest BCUT2D eigenvalue weighted by Gasteiger charge is 2.21. The quantitative estimate of drug-likeness (QED) is 0.364. The molecule has 1 amide bonds. The highest BCUT2D eigenvalue weighted by Crippen LogP contribution is 2.32. The predicted molar refractivity (Wildman–Crippen MR) is 118 cm³/mol. The van der Waals surface area contributed by atoms with Crippen LogP contribution in [-0.2, 0) is 17.8 Å². The van der Waals surface area contributed by atoms with E-state index in [0.29, 0.717) is 16.7 Å². The molecular formula is C21H15BrClN3OS. The van der Waals surface area contributed by atoms with Gasteiger partial charge in [0.25, 0.3) is 0 Å². The Labute approximate surface area is 179 Å². The Bertz CT molecular complexity index is 1130. The van der Waals surface area contributed by atoms with Crippen molar-refractivity contribution in [2.75, 3.05) is 4.90 Å². The maximum absolute atomic E-state index is 13.2. The molecule has 4 aromatic rings. The van der Waals surface area contributed by atoms with Crippen LogP contribution in [0.25, 0.3) is 10.2 Å². The maximum atomic E-state index is 13.2. The average Bonchev–Trinajstić information content (AvgIpc) is 3.11. The van der Waals surface area contributed by atoms with Gasteiger partial charge < -0.3 is 0 Å². The smallest absolute Gasteiger partial charge is 0.233 e. The standard InChI is InChI=1S/C21H15BrClN3OS/c22-15-8-9-18-19(12-15)28-21(25-18)26(13-16-6-3-4-10-24-16)20(27)11-14-5-1-2-7-17(14)23/h1-10,12H,11,13H2. The van der Waals surface area contributed by atoms with Crippen molar-refractivity contribution in [2.24, 2.45) is 0 Å². The number of rotatable bonds is 5. The first kappa shape index (κ1) is 19.1. The summed E-state index contributed by atoms with van der Waals surface area (Å²) < 4.78 is 2.00. The second-order valence-corrected chi connectivity index (χ2v) is 8.51. The Hall–Kier alpha value is -2.28. The van der Waals surface area contributed by atoms with Crippen molar-refractivity contribution < 1.29 is 4.79 Å². The molecule has 0 unspecified atom stereocenters. The minimum absolute atomic E-state index is 0.0723. The highest BCUT2D eigenvalue weighted by atomic mass is 79.9. The van der Waals surface area contributed by atoms with E-state index in [1.54, 1.807) is 17.2 Å². The molecule has 0 bridgehead atoms. The van der Waals surface area contributed by atoms with Gasteiger partial charge in [0.05, 0.1) is 28.9 Å². The van der Waals surface area contributed by atoms with Crippen molar-refractivity contribution in [2.45, 2.75) is 13.0 Å². The number of amides is 1. The number of hydrogen-bond acceptors (Lipinski definition) is 4. The number of aromatic nitrogens is 2. The zero-order chi connectivity index (χ0) is 19.5. The van der Waals surface area contributed by atoms with Gasteiger partial charge in [0.1, 0.15) is 0 Å². The molecule has 0 aliphatic heterocycles. The van der Waals surface area contributed by atoms with Gasteiger partial charge in [-0.1, -0.05) is 63.1 Å². The van der Waals surface area contributed by atoms with Crippen molar-refractivity contribution in [3.05, 3.63) is 87.6 Å². The second kappa shape index (κ2) is 8.39. The average molecular weight is 473 g/mol. The summed E-state index contributed by atoms with van der Waals surface area (Å²) in [5.74, 6) is -0.0723. The minimum Gasteiger partial charge on any atom is -0.282 e. The van der Waals surface area contributed by atoms with Crippen LogP contribution in [0, 0.1) is 0 Å².